The van der Waals surface area contributed by atoms with Gasteiger partial charge in [-0.2, -0.15) is 8.42 Å². The van der Waals surface area contributed by atoms with Gasteiger partial charge in [0.05, 0.1) is 12.7 Å². The normalized spacial score (nSPS) is 26.0. The molecule has 0 bridgehead atoms. The summed E-state index contributed by atoms with van der Waals surface area (Å²) in [5.41, 5.74) is 0. The first-order chi connectivity index (χ1) is 6.53. The summed E-state index contributed by atoms with van der Waals surface area (Å²) in [5.74, 6) is -0.284. The van der Waals surface area contributed by atoms with E-state index in [2.05, 4.69) is 0 Å². The molecule has 0 saturated carbocycles. The highest BCUT2D eigenvalue weighted by Gasteiger charge is 2.27. The minimum Gasteiger partial charge on any atom is -0.381 e. The van der Waals surface area contributed by atoms with E-state index in [1.807, 2.05) is 0 Å². The summed E-state index contributed by atoms with van der Waals surface area (Å²) in [6, 6.07) is 0. The SMILES string of the molecule is COC(CS(=O)(=O)O)C1CCCOC1. The summed E-state index contributed by atoms with van der Waals surface area (Å²) in [6.07, 6.45) is 1.33. The number of rotatable bonds is 4. The Balaban J connectivity index is 2.52. The third-order valence-corrected chi connectivity index (χ3v) is 3.15. The fourth-order valence-corrected chi connectivity index (χ4v) is 2.49. The van der Waals surface area contributed by atoms with Gasteiger partial charge in [0.2, 0.25) is 0 Å². The van der Waals surface area contributed by atoms with Gasteiger partial charge in [0.25, 0.3) is 10.1 Å². The Morgan fingerprint density at radius 2 is 2.36 bits per heavy atom. The molecule has 0 aromatic rings. The number of ether oxygens (including phenoxy) is 2. The molecule has 1 saturated heterocycles. The van der Waals surface area contributed by atoms with E-state index in [9.17, 15) is 8.42 Å². The predicted molar refractivity (Wildman–Crippen MR) is 50.8 cm³/mol. The molecule has 0 spiro atoms. The molecule has 1 fully saturated rings. The first-order valence-electron chi connectivity index (χ1n) is 4.58. The summed E-state index contributed by atoms with van der Waals surface area (Å²) in [7, 11) is -2.52. The fraction of sp³-hybridized carbons (Fsp3) is 1.00. The molecule has 0 aliphatic carbocycles. The Morgan fingerprint density at radius 1 is 1.64 bits per heavy atom. The maximum Gasteiger partial charge on any atom is 0.267 e. The van der Waals surface area contributed by atoms with E-state index in [4.69, 9.17) is 14.0 Å². The van der Waals surface area contributed by atoms with Crippen LogP contribution >= 0.6 is 0 Å². The fourth-order valence-electron chi connectivity index (χ4n) is 1.66. The zero-order valence-electron chi connectivity index (χ0n) is 8.18. The van der Waals surface area contributed by atoms with Crippen LogP contribution in [0.1, 0.15) is 12.8 Å². The maximum absolute atomic E-state index is 10.7. The van der Waals surface area contributed by atoms with Gasteiger partial charge in [-0.3, -0.25) is 4.55 Å². The van der Waals surface area contributed by atoms with E-state index in [-0.39, 0.29) is 11.7 Å². The van der Waals surface area contributed by atoms with Crippen molar-refractivity contribution in [2.75, 3.05) is 26.1 Å². The number of hydrogen-bond donors (Lipinski definition) is 1. The van der Waals surface area contributed by atoms with Gasteiger partial charge in [-0.15, -0.1) is 0 Å². The van der Waals surface area contributed by atoms with Crippen LogP contribution in [0.5, 0.6) is 0 Å². The largest absolute Gasteiger partial charge is 0.381 e. The monoisotopic (exact) mass is 224 g/mol. The minimum atomic E-state index is -3.97. The number of hydrogen-bond acceptors (Lipinski definition) is 4. The first-order valence-corrected chi connectivity index (χ1v) is 6.19. The molecule has 0 aromatic heterocycles. The topological polar surface area (TPSA) is 72.8 Å². The smallest absolute Gasteiger partial charge is 0.267 e. The highest BCUT2D eigenvalue weighted by Crippen LogP contribution is 2.20. The molecule has 84 valence electrons. The van der Waals surface area contributed by atoms with Crippen molar-refractivity contribution < 1.29 is 22.4 Å². The molecular formula is C8H16O5S. The second-order valence-electron chi connectivity index (χ2n) is 3.50. The zero-order chi connectivity index (χ0) is 10.6. The van der Waals surface area contributed by atoms with Crippen LogP contribution in [-0.2, 0) is 19.6 Å². The quantitative estimate of drug-likeness (QED) is 0.696. The van der Waals surface area contributed by atoms with Gasteiger partial charge in [0.1, 0.15) is 5.75 Å². The molecule has 1 aliphatic heterocycles. The van der Waals surface area contributed by atoms with Crippen molar-refractivity contribution >= 4 is 10.1 Å². The standard InChI is InChI=1S/C8H16O5S/c1-12-8(6-14(9,10)11)7-3-2-4-13-5-7/h7-8H,2-6H2,1H3,(H,9,10,11). The average Bonchev–Trinajstić information content (AvgIpc) is 2.14. The molecule has 1 heterocycles. The van der Waals surface area contributed by atoms with Crippen LogP contribution in [0, 0.1) is 5.92 Å². The highest BCUT2D eigenvalue weighted by molar-refractivity contribution is 7.85. The van der Waals surface area contributed by atoms with Gasteiger partial charge in [0, 0.05) is 19.6 Å². The Kier molecular flexibility index (Phi) is 4.31. The van der Waals surface area contributed by atoms with Crippen molar-refractivity contribution in [3.05, 3.63) is 0 Å². The van der Waals surface area contributed by atoms with Gasteiger partial charge in [-0.05, 0) is 12.8 Å². The molecule has 0 radical (unpaired) electrons. The second kappa shape index (κ2) is 5.06. The molecule has 0 amide bonds. The third kappa shape index (κ3) is 3.91. The van der Waals surface area contributed by atoms with E-state index >= 15 is 0 Å². The molecule has 0 aromatic carbocycles. The molecular weight excluding hydrogens is 208 g/mol. The van der Waals surface area contributed by atoms with Gasteiger partial charge in [0.15, 0.2) is 0 Å². The molecule has 5 nitrogen and oxygen atoms in total. The van der Waals surface area contributed by atoms with Crippen LogP contribution < -0.4 is 0 Å². The van der Waals surface area contributed by atoms with E-state index in [1.165, 1.54) is 7.11 Å². The molecule has 14 heavy (non-hydrogen) atoms. The lowest BCUT2D eigenvalue weighted by Crippen LogP contribution is -2.35. The first kappa shape index (κ1) is 11.9. The van der Waals surface area contributed by atoms with E-state index < -0.39 is 16.2 Å². The van der Waals surface area contributed by atoms with Gasteiger partial charge >= 0.3 is 0 Å². The summed E-state index contributed by atoms with van der Waals surface area (Å²) in [5, 5.41) is 0. The lowest BCUT2D eigenvalue weighted by atomic mass is 9.97. The maximum atomic E-state index is 10.7. The molecule has 1 N–H and O–H groups in total. The van der Waals surface area contributed by atoms with Crippen molar-refractivity contribution in [1.29, 1.82) is 0 Å². The van der Waals surface area contributed by atoms with Crippen molar-refractivity contribution in [2.24, 2.45) is 5.92 Å². The summed E-state index contributed by atoms with van der Waals surface area (Å²) < 4.78 is 40.3. The van der Waals surface area contributed by atoms with Crippen molar-refractivity contribution in [3.63, 3.8) is 0 Å². The van der Waals surface area contributed by atoms with E-state index in [1.54, 1.807) is 0 Å². The molecule has 6 heteroatoms. The highest BCUT2D eigenvalue weighted by atomic mass is 32.2. The lowest BCUT2D eigenvalue weighted by molar-refractivity contribution is -0.0193. The Hall–Kier alpha value is -0.170. The summed E-state index contributed by atoms with van der Waals surface area (Å²) in [4.78, 5) is 0. The van der Waals surface area contributed by atoms with Gasteiger partial charge in [-0.25, -0.2) is 0 Å². The number of methoxy groups -OCH3 is 1. The molecule has 2 unspecified atom stereocenters. The minimum absolute atomic E-state index is 0.0654. The molecule has 1 aliphatic rings. The van der Waals surface area contributed by atoms with E-state index in [0.29, 0.717) is 6.61 Å². The van der Waals surface area contributed by atoms with Crippen molar-refractivity contribution in [3.8, 4) is 0 Å². The summed E-state index contributed by atoms with van der Waals surface area (Å²) >= 11 is 0. The van der Waals surface area contributed by atoms with E-state index in [0.717, 1.165) is 19.4 Å². The van der Waals surface area contributed by atoms with Gasteiger partial charge < -0.3 is 9.47 Å². The van der Waals surface area contributed by atoms with Crippen LogP contribution in [0.3, 0.4) is 0 Å². The van der Waals surface area contributed by atoms with Gasteiger partial charge in [-0.1, -0.05) is 0 Å². The van der Waals surface area contributed by atoms with Crippen LogP contribution in [-0.4, -0.2) is 45.2 Å². The third-order valence-electron chi connectivity index (χ3n) is 2.40. The second-order valence-corrected chi connectivity index (χ2v) is 5.00. The Bertz CT molecular complexity index is 255. The lowest BCUT2D eigenvalue weighted by Gasteiger charge is -2.28. The summed E-state index contributed by atoms with van der Waals surface area (Å²) in [6.45, 7) is 1.23. The van der Waals surface area contributed by atoms with Crippen LogP contribution in [0.15, 0.2) is 0 Å². The van der Waals surface area contributed by atoms with Crippen molar-refractivity contribution in [2.45, 2.75) is 18.9 Å². The van der Waals surface area contributed by atoms with Crippen LogP contribution in [0.2, 0.25) is 0 Å². The Labute approximate surface area is 84.1 Å². The van der Waals surface area contributed by atoms with Crippen LogP contribution in [0.25, 0.3) is 0 Å². The van der Waals surface area contributed by atoms with Crippen LogP contribution in [0.4, 0.5) is 0 Å². The van der Waals surface area contributed by atoms with Crippen molar-refractivity contribution in [1.82, 2.24) is 0 Å². The predicted octanol–water partition coefficient (Wildman–Crippen LogP) is 0.316. The average molecular weight is 224 g/mol. The Morgan fingerprint density at radius 3 is 2.79 bits per heavy atom. The zero-order valence-corrected chi connectivity index (χ0v) is 9.00. The molecule has 1 rings (SSSR count). The molecule has 2 atom stereocenters.